The molecule has 150 valence electrons. The van der Waals surface area contributed by atoms with Crippen LogP contribution in [0.5, 0.6) is 0 Å². The van der Waals surface area contributed by atoms with E-state index in [0.29, 0.717) is 0 Å². The molecule has 0 radical (unpaired) electrons. The lowest BCUT2D eigenvalue weighted by Gasteiger charge is -2.52. The maximum absolute atomic E-state index is 12.6. The predicted molar refractivity (Wildman–Crippen MR) is 88.1 cm³/mol. The van der Waals surface area contributed by atoms with Gasteiger partial charge in [-0.25, -0.2) is 10.0 Å². The van der Waals surface area contributed by atoms with Crippen molar-refractivity contribution in [1.29, 1.82) is 0 Å². The highest BCUT2D eigenvalue weighted by Crippen LogP contribution is 2.51. The van der Waals surface area contributed by atoms with E-state index < -0.39 is 60.6 Å². The van der Waals surface area contributed by atoms with E-state index in [1.165, 1.54) is 47.3 Å². The van der Waals surface area contributed by atoms with Gasteiger partial charge in [-0.2, -0.15) is 0 Å². The molecule has 0 aromatic heterocycles. The smallest absolute Gasteiger partial charge is 0.223 e. The Bertz CT molecular complexity index is 756. The van der Waals surface area contributed by atoms with Crippen LogP contribution in [0.1, 0.15) is 27.7 Å². The predicted octanol–water partition coefficient (Wildman–Crippen LogP) is -1.64. The summed E-state index contributed by atoms with van der Waals surface area (Å²) in [5.74, 6) is -2.02. The van der Waals surface area contributed by atoms with Gasteiger partial charge in [0.25, 0.3) is 0 Å². The van der Waals surface area contributed by atoms with Crippen molar-refractivity contribution in [3.05, 3.63) is 9.81 Å². The molecule has 6 bridgehead atoms. The van der Waals surface area contributed by atoms with Crippen molar-refractivity contribution in [2.45, 2.75) is 64.7 Å². The number of nitrogens with zero attached hydrogens (tertiary/aromatic N) is 8. The molecule has 5 aliphatic heterocycles. The average molecular weight is 394 g/mol. The minimum Gasteiger partial charge on any atom is -0.294 e. The van der Waals surface area contributed by atoms with Gasteiger partial charge in [0.2, 0.25) is 23.6 Å². The van der Waals surface area contributed by atoms with Crippen LogP contribution in [-0.2, 0) is 19.2 Å². The first-order valence-electron chi connectivity index (χ1n) is 8.57. The third-order valence-corrected chi connectivity index (χ3v) is 5.81. The third-order valence-electron chi connectivity index (χ3n) is 5.81. The quantitative estimate of drug-likeness (QED) is 0.507. The van der Waals surface area contributed by atoms with E-state index in [4.69, 9.17) is 0 Å². The van der Waals surface area contributed by atoms with Gasteiger partial charge >= 0.3 is 0 Å². The number of carbonyl (C=O) groups is 4. The van der Waals surface area contributed by atoms with E-state index in [2.05, 4.69) is 10.6 Å². The summed E-state index contributed by atoms with van der Waals surface area (Å²) in [4.78, 5) is 78.6. The number of amides is 4. The number of rotatable bonds is 2. The summed E-state index contributed by atoms with van der Waals surface area (Å²) in [7, 11) is 0. The molecule has 5 saturated heterocycles. The summed E-state index contributed by atoms with van der Waals surface area (Å²) >= 11 is 0. The Hall–Kier alpha value is -3.32. The molecule has 4 unspecified atom stereocenters. The van der Waals surface area contributed by atoms with Gasteiger partial charge in [0.05, 0.1) is 10.6 Å². The highest BCUT2D eigenvalue weighted by atomic mass is 16.3. The van der Waals surface area contributed by atoms with Crippen molar-refractivity contribution in [1.82, 2.24) is 29.6 Å². The molecular weight excluding hydrogens is 376 g/mol. The van der Waals surface area contributed by atoms with Crippen LogP contribution in [0.25, 0.3) is 0 Å². The van der Waals surface area contributed by atoms with E-state index in [-0.39, 0.29) is 0 Å². The summed E-state index contributed by atoms with van der Waals surface area (Å²) in [5, 5.41) is 7.80. The Morgan fingerprint density at radius 3 is 1.00 bits per heavy atom. The van der Waals surface area contributed by atoms with E-state index in [1.54, 1.807) is 0 Å². The second-order valence-electron chi connectivity index (χ2n) is 7.11. The summed E-state index contributed by atoms with van der Waals surface area (Å²) in [6.07, 6.45) is -6.65. The van der Waals surface area contributed by atoms with Crippen LogP contribution in [-0.4, -0.2) is 90.2 Å². The van der Waals surface area contributed by atoms with Crippen molar-refractivity contribution in [3.63, 3.8) is 0 Å². The first-order valence-corrected chi connectivity index (χ1v) is 8.57. The monoisotopic (exact) mass is 394 g/mol. The number of carbonyl (C=O) groups excluding carboxylic acids is 4. The maximum atomic E-state index is 12.6. The van der Waals surface area contributed by atoms with Gasteiger partial charge in [-0.1, -0.05) is 0 Å². The largest absolute Gasteiger partial charge is 0.294 e. The Morgan fingerprint density at radius 1 is 0.500 bits per heavy atom. The molecule has 5 aliphatic rings. The number of nitroso groups, excluding NO2 is 2. The topological polar surface area (TPSA) is 147 Å². The molecule has 5 heterocycles. The molecule has 14 heteroatoms. The molecule has 14 nitrogen and oxygen atoms in total. The second-order valence-corrected chi connectivity index (χ2v) is 7.11. The van der Waals surface area contributed by atoms with Crippen LogP contribution < -0.4 is 0 Å². The zero-order valence-corrected chi connectivity index (χ0v) is 15.5. The van der Waals surface area contributed by atoms with Gasteiger partial charge in [0, 0.05) is 27.7 Å². The molecule has 28 heavy (non-hydrogen) atoms. The van der Waals surface area contributed by atoms with E-state index in [1.807, 2.05) is 0 Å². The summed E-state index contributed by atoms with van der Waals surface area (Å²) in [6.45, 7) is 4.96. The van der Waals surface area contributed by atoms with Crippen LogP contribution in [0, 0.1) is 9.81 Å². The summed E-state index contributed by atoms with van der Waals surface area (Å²) in [5.41, 5.74) is 0. The fraction of sp³-hybridized carbons (Fsp3) is 0.714. The average Bonchev–Trinajstić information content (AvgIpc) is 3.02. The van der Waals surface area contributed by atoms with E-state index in [0.717, 1.165) is 10.0 Å². The normalized spacial score (nSPS) is 34.9. The SMILES string of the molecule is CC(=O)N1C2C3N(N=O)C(C4N(C(C)=O)C1C(N3C(C)=O)N4C(C)=O)N2N=O. The molecule has 0 aromatic carbocycles. The lowest BCUT2D eigenvalue weighted by molar-refractivity contribution is -0.185. The Kier molecular flexibility index (Phi) is 3.61. The van der Waals surface area contributed by atoms with E-state index >= 15 is 0 Å². The lowest BCUT2D eigenvalue weighted by atomic mass is 10.1. The standard InChI is InChI=1S/C14H18N8O6/c1-5(23)17-9-10-18(6(2)24)11(17)14-21(15-27)12(19(9)7(3)25)13(22(14)16-28)20(10)8(4)26/h9-14H,1-4H3. The second kappa shape index (κ2) is 5.59. The van der Waals surface area contributed by atoms with Gasteiger partial charge in [-0.05, 0) is 0 Å². The van der Waals surface area contributed by atoms with Crippen LogP contribution in [0.4, 0.5) is 0 Å². The molecule has 0 aliphatic carbocycles. The van der Waals surface area contributed by atoms with E-state index in [9.17, 15) is 29.0 Å². The molecular formula is C14H18N8O6. The number of hydrogen-bond donors (Lipinski definition) is 0. The van der Waals surface area contributed by atoms with Crippen LogP contribution in [0.15, 0.2) is 10.6 Å². The van der Waals surface area contributed by atoms with Crippen LogP contribution in [0.3, 0.4) is 0 Å². The van der Waals surface area contributed by atoms with Crippen molar-refractivity contribution >= 4 is 23.6 Å². The Labute approximate surface area is 158 Å². The molecule has 0 N–H and O–H groups in total. The minimum absolute atomic E-state index is 0.499. The summed E-state index contributed by atoms with van der Waals surface area (Å²) in [6, 6.07) is 0. The molecule has 4 atom stereocenters. The maximum Gasteiger partial charge on any atom is 0.223 e. The van der Waals surface area contributed by atoms with Crippen LogP contribution >= 0.6 is 0 Å². The van der Waals surface area contributed by atoms with Crippen molar-refractivity contribution in [2.75, 3.05) is 0 Å². The fourth-order valence-corrected chi connectivity index (χ4v) is 5.10. The lowest BCUT2D eigenvalue weighted by Crippen LogP contribution is -2.75. The zero-order valence-electron chi connectivity index (χ0n) is 15.5. The first kappa shape index (κ1) is 18.1. The molecule has 5 rings (SSSR count). The molecule has 0 saturated carbocycles. The summed E-state index contributed by atoms with van der Waals surface area (Å²) < 4.78 is 0. The molecule has 0 aromatic rings. The van der Waals surface area contributed by atoms with Gasteiger partial charge in [0.15, 0.2) is 37.0 Å². The van der Waals surface area contributed by atoms with Gasteiger partial charge < -0.3 is 0 Å². The molecule has 0 spiro atoms. The highest BCUT2D eigenvalue weighted by molar-refractivity contribution is 5.84. The Balaban J connectivity index is 2.08. The van der Waals surface area contributed by atoms with Crippen molar-refractivity contribution in [3.8, 4) is 0 Å². The minimum atomic E-state index is -1.24. The zero-order chi connectivity index (χ0) is 20.7. The number of piperazine rings is 1. The highest BCUT2D eigenvalue weighted by Gasteiger charge is 2.76. The van der Waals surface area contributed by atoms with Crippen molar-refractivity contribution < 1.29 is 19.2 Å². The molecule has 4 amide bonds. The fourth-order valence-electron chi connectivity index (χ4n) is 5.10. The van der Waals surface area contributed by atoms with Gasteiger partial charge in [-0.15, -0.1) is 9.81 Å². The molecule has 5 fully saturated rings. The van der Waals surface area contributed by atoms with Crippen LogP contribution in [0.2, 0.25) is 0 Å². The first-order chi connectivity index (χ1) is 13.2. The van der Waals surface area contributed by atoms with Crippen molar-refractivity contribution in [2.24, 2.45) is 10.6 Å². The van der Waals surface area contributed by atoms with Gasteiger partial charge in [-0.3, -0.25) is 38.8 Å². The third kappa shape index (κ3) is 1.81. The van der Waals surface area contributed by atoms with Gasteiger partial charge in [0.1, 0.15) is 0 Å². The number of hydrogen-bond acceptors (Lipinski definition) is 8. The Morgan fingerprint density at radius 2 is 0.750 bits per heavy atom.